The lowest BCUT2D eigenvalue weighted by atomic mass is 10.0. The maximum absolute atomic E-state index is 13.4. The number of aryl methyl sites for hydroxylation is 1. The lowest BCUT2D eigenvalue weighted by molar-refractivity contribution is -0.137. The Morgan fingerprint density at radius 3 is 2.25 bits per heavy atom. The number of hydrogen-bond donors (Lipinski definition) is 1. The van der Waals surface area contributed by atoms with E-state index in [0.717, 1.165) is 68.9 Å². The lowest BCUT2D eigenvalue weighted by Gasteiger charge is -2.39. The van der Waals surface area contributed by atoms with Crippen molar-refractivity contribution in [2.45, 2.75) is 32.7 Å². The molecule has 2 fully saturated rings. The fourth-order valence-electron chi connectivity index (χ4n) is 4.71. The molecule has 0 unspecified atom stereocenters. The molecule has 0 spiro atoms. The third kappa shape index (κ3) is 5.19. The fourth-order valence-corrected chi connectivity index (χ4v) is 4.71. The predicted octanol–water partition coefficient (Wildman–Crippen LogP) is 3.22. The molecule has 2 heterocycles. The Bertz CT molecular complexity index is 932. The molecule has 1 N–H and O–H groups in total. The quantitative estimate of drug-likeness (QED) is 0.759. The number of anilines is 1. The van der Waals surface area contributed by atoms with Gasteiger partial charge in [-0.15, -0.1) is 0 Å². The maximum atomic E-state index is 13.4. The van der Waals surface area contributed by atoms with E-state index in [9.17, 15) is 9.59 Å². The minimum Gasteiger partial charge on any atom is -0.341 e. The monoisotopic (exact) mass is 434 g/mol. The number of carbonyl (C=O) groups is 2. The molecule has 2 aliphatic heterocycles. The molecule has 0 aromatic heterocycles. The standard InChI is InChI=1S/C26H34N4O2/c1-20-9-8-12-23(21(20)2)27-24(31)19-28-15-17-29(18-16-28)25(22-10-4-3-5-11-22)26(32)30-13-6-7-14-30/h3-5,8-12,25H,6-7,13-19H2,1-2H3,(H,27,31)/t25-/m0/s1. The zero-order valence-electron chi connectivity index (χ0n) is 19.2. The number of likely N-dealkylation sites (tertiary alicyclic amines) is 1. The maximum Gasteiger partial charge on any atom is 0.244 e. The second kappa shape index (κ2) is 10.3. The number of rotatable bonds is 6. The third-order valence-corrected chi connectivity index (χ3v) is 6.78. The van der Waals surface area contributed by atoms with Gasteiger partial charge in [0.2, 0.25) is 11.8 Å². The number of amides is 2. The van der Waals surface area contributed by atoms with E-state index in [2.05, 4.69) is 40.2 Å². The van der Waals surface area contributed by atoms with E-state index in [1.165, 1.54) is 5.56 Å². The first-order chi connectivity index (χ1) is 15.5. The van der Waals surface area contributed by atoms with Crippen LogP contribution >= 0.6 is 0 Å². The van der Waals surface area contributed by atoms with E-state index in [1.54, 1.807) is 0 Å². The molecule has 2 aliphatic rings. The van der Waals surface area contributed by atoms with Gasteiger partial charge in [-0.05, 0) is 49.4 Å². The molecule has 0 radical (unpaired) electrons. The summed E-state index contributed by atoms with van der Waals surface area (Å²) in [7, 11) is 0. The van der Waals surface area contributed by atoms with Gasteiger partial charge in [0, 0.05) is 45.0 Å². The van der Waals surface area contributed by atoms with Crippen molar-refractivity contribution in [1.82, 2.24) is 14.7 Å². The van der Waals surface area contributed by atoms with Gasteiger partial charge in [0.15, 0.2) is 0 Å². The van der Waals surface area contributed by atoms with Gasteiger partial charge in [0.25, 0.3) is 0 Å². The highest BCUT2D eigenvalue weighted by Crippen LogP contribution is 2.26. The van der Waals surface area contributed by atoms with Gasteiger partial charge in [-0.3, -0.25) is 19.4 Å². The summed E-state index contributed by atoms with van der Waals surface area (Å²) in [6.45, 7) is 9.28. The largest absolute Gasteiger partial charge is 0.341 e. The highest BCUT2D eigenvalue weighted by atomic mass is 16.2. The Kier molecular flexibility index (Phi) is 7.22. The zero-order valence-corrected chi connectivity index (χ0v) is 19.2. The molecule has 0 aliphatic carbocycles. The fraction of sp³-hybridized carbons (Fsp3) is 0.462. The number of nitrogens with one attached hydrogen (secondary N) is 1. The smallest absolute Gasteiger partial charge is 0.244 e. The van der Waals surface area contributed by atoms with Gasteiger partial charge in [0.05, 0.1) is 6.54 Å². The van der Waals surface area contributed by atoms with Crippen LogP contribution in [0.2, 0.25) is 0 Å². The lowest BCUT2D eigenvalue weighted by Crippen LogP contribution is -2.52. The highest BCUT2D eigenvalue weighted by molar-refractivity contribution is 5.93. The molecule has 0 saturated carbocycles. The topological polar surface area (TPSA) is 55.9 Å². The Balaban J connectivity index is 1.37. The third-order valence-electron chi connectivity index (χ3n) is 6.78. The minimum absolute atomic E-state index is 0.0138. The molecule has 6 nitrogen and oxygen atoms in total. The van der Waals surface area contributed by atoms with Crippen LogP contribution in [0.25, 0.3) is 0 Å². The van der Waals surface area contributed by atoms with Crippen molar-refractivity contribution in [3.8, 4) is 0 Å². The van der Waals surface area contributed by atoms with Crippen LogP contribution in [0.5, 0.6) is 0 Å². The number of carbonyl (C=O) groups excluding carboxylic acids is 2. The van der Waals surface area contributed by atoms with Crippen LogP contribution in [-0.2, 0) is 9.59 Å². The van der Waals surface area contributed by atoms with Crippen molar-refractivity contribution in [2.24, 2.45) is 0 Å². The van der Waals surface area contributed by atoms with E-state index in [1.807, 2.05) is 42.2 Å². The van der Waals surface area contributed by atoms with Gasteiger partial charge in [-0.1, -0.05) is 42.5 Å². The molecule has 170 valence electrons. The SMILES string of the molecule is Cc1cccc(NC(=O)CN2CCN([C@H](C(=O)N3CCCC3)c3ccccc3)CC2)c1C. The average molecular weight is 435 g/mol. The summed E-state index contributed by atoms with van der Waals surface area (Å²) >= 11 is 0. The van der Waals surface area contributed by atoms with Crippen LogP contribution in [0.15, 0.2) is 48.5 Å². The van der Waals surface area contributed by atoms with Gasteiger partial charge >= 0.3 is 0 Å². The molecule has 1 atom stereocenters. The summed E-state index contributed by atoms with van der Waals surface area (Å²) in [5.74, 6) is 0.231. The second-order valence-electron chi connectivity index (χ2n) is 8.95. The van der Waals surface area contributed by atoms with Crippen molar-refractivity contribution < 1.29 is 9.59 Å². The molecule has 2 aromatic rings. The van der Waals surface area contributed by atoms with E-state index in [-0.39, 0.29) is 17.9 Å². The van der Waals surface area contributed by atoms with Gasteiger partial charge in [0.1, 0.15) is 6.04 Å². The Morgan fingerprint density at radius 2 is 1.56 bits per heavy atom. The summed E-state index contributed by atoms with van der Waals surface area (Å²) in [4.78, 5) is 32.5. The van der Waals surface area contributed by atoms with Crippen molar-refractivity contribution in [3.63, 3.8) is 0 Å². The van der Waals surface area contributed by atoms with E-state index in [4.69, 9.17) is 0 Å². The molecule has 4 rings (SSSR count). The molecule has 6 heteroatoms. The Morgan fingerprint density at radius 1 is 0.875 bits per heavy atom. The summed E-state index contributed by atoms with van der Waals surface area (Å²) in [5, 5.41) is 3.06. The first kappa shape index (κ1) is 22.5. The Labute approximate surface area is 191 Å². The Hall–Kier alpha value is -2.70. The van der Waals surface area contributed by atoms with E-state index in [0.29, 0.717) is 6.54 Å². The number of piperazine rings is 1. The van der Waals surface area contributed by atoms with Crippen LogP contribution in [0.3, 0.4) is 0 Å². The van der Waals surface area contributed by atoms with E-state index >= 15 is 0 Å². The van der Waals surface area contributed by atoms with Crippen molar-refractivity contribution in [3.05, 3.63) is 65.2 Å². The molecular weight excluding hydrogens is 400 g/mol. The number of nitrogens with zero attached hydrogens (tertiary/aromatic N) is 3. The normalized spacial score (nSPS) is 18.5. The molecule has 32 heavy (non-hydrogen) atoms. The van der Waals surface area contributed by atoms with Crippen LogP contribution < -0.4 is 5.32 Å². The van der Waals surface area contributed by atoms with Crippen molar-refractivity contribution in [1.29, 1.82) is 0 Å². The molecule has 2 aromatic carbocycles. The predicted molar refractivity (Wildman–Crippen MR) is 128 cm³/mol. The number of hydrogen-bond acceptors (Lipinski definition) is 4. The second-order valence-corrected chi connectivity index (χ2v) is 8.95. The van der Waals surface area contributed by atoms with Crippen LogP contribution in [0.4, 0.5) is 5.69 Å². The molecule has 2 amide bonds. The van der Waals surface area contributed by atoms with Crippen molar-refractivity contribution >= 4 is 17.5 Å². The molecular formula is C26H34N4O2. The highest BCUT2D eigenvalue weighted by Gasteiger charge is 2.34. The number of benzene rings is 2. The summed E-state index contributed by atoms with van der Waals surface area (Å²) in [5.41, 5.74) is 4.22. The van der Waals surface area contributed by atoms with Gasteiger partial charge < -0.3 is 10.2 Å². The van der Waals surface area contributed by atoms with Crippen LogP contribution in [-0.4, -0.2) is 72.3 Å². The summed E-state index contributed by atoms with van der Waals surface area (Å²) < 4.78 is 0. The molecule has 0 bridgehead atoms. The van der Waals surface area contributed by atoms with Gasteiger partial charge in [-0.25, -0.2) is 0 Å². The summed E-state index contributed by atoms with van der Waals surface area (Å²) in [6, 6.07) is 15.9. The van der Waals surface area contributed by atoms with Crippen LogP contribution in [0, 0.1) is 13.8 Å². The summed E-state index contributed by atoms with van der Waals surface area (Å²) in [6.07, 6.45) is 2.19. The van der Waals surface area contributed by atoms with Gasteiger partial charge in [-0.2, -0.15) is 0 Å². The minimum atomic E-state index is -0.236. The van der Waals surface area contributed by atoms with E-state index < -0.39 is 0 Å². The zero-order chi connectivity index (χ0) is 22.5. The van der Waals surface area contributed by atoms with Crippen molar-refractivity contribution in [2.75, 3.05) is 51.1 Å². The molecule has 2 saturated heterocycles. The average Bonchev–Trinajstić information content (AvgIpc) is 3.34. The first-order valence-electron chi connectivity index (χ1n) is 11.7. The first-order valence-corrected chi connectivity index (χ1v) is 11.7. The van der Waals surface area contributed by atoms with Crippen LogP contribution in [0.1, 0.15) is 35.6 Å².